The number of rotatable bonds is 2. The third kappa shape index (κ3) is 2.19. The minimum Gasteiger partial charge on any atom is -0.481 e. The van der Waals surface area contributed by atoms with Crippen molar-refractivity contribution in [2.75, 3.05) is 13.1 Å². The number of carboxylic acids is 1. The first-order valence-corrected chi connectivity index (χ1v) is 7.34. The molecule has 2 bridgehead atoms. The molecule has 0 aromatic heterocycles. The zero-order valence-electron chi connectivity index (χ0n) is 11.3. The molecule has 1 aliphatic heterocycles. The van der Waals surface area contributed by atoms with Crippen molar-refractivity contribution in [1.82, 2.24) is 10.2 Å². The quantitative estimate of drug-likeness (QED) is 0.796. The highest BCUT2D eigenvalue weighted by Crippen LogP contribution is 2.48. The van der Waals surface area contributed by atoms with Gasteiger partial charge in [0.25, 0.3) is 0 Å². The monoisotopic (exact) mass is 266 g/mol. The normalized spacial score (nSPS) is 40.7. The van der Waals surface area contributed by atoms with Gasteiger partial charge in [-0.1, -0.05) is 6.92 Å². The Hall–Kier alpha value is -1.26. The second kappa shape index (κ2) is 4.69. The van der Waals surface area contributed by atoms with Crippen molar-refractivity contribution in [3.63, 3.8) is 0 Å². The number of nitrogens with one attached hydrogen (secondary N) is 1. The number of hydrogen-bond donors (Lipinski definition) is 2. The van der Waals surface area contributed by atoms with E-state index in [0.717, 1.165) is 38.8 Å². The lowest BCUT2D eigenvalue weighted by atomic mass is 9.84. The molecule has 5 nitrogen and oxygen atoms in total. The van der Waals surface area contributed by atoms with E-state index in [1.165, 1.54) is 0 Å². The number of likely N-dealkylation sites (tertiary alicyclic amines) is 1. The van der Waals surface area contributed by atoms with Gasteiger partial charge in [0, 0.05) is 19.1 Å². The fourth-order valence-corrected chi connectivity index (χ4v) is 4.21. The van der Waals surface area contributed by atoms with Crippen LogP contribution in [0.4, 0.5) is 4.79 Å². The van der Waals surface area contributed by atoms with Crippen molar-refractivity contribution in [3.05, 3.63) is 0 Å². The summed E-state index contributed by atoms with van der Waals surface area (Å²) in [4.78, 5) is 25.4. The molecule has 106 valence electrons. The maximum Gasteiger partial charge on any atom is 0.317 e. The topological polar surface area (TPSA) is 69.6 Å². The average Bonchev–Trinajstić information content (AvgIpc) is 3.03. The molecule has 2 aliphatic carbocycles. The first kappa shape index (κ1) is 12.8. The van der Waals surface area contributed by atoms with Gasteiger partial charge in [-0.2, -0.15) is 0 Å². The fraction of sp³-hybridized carbons (Fsp3) is 0.857. The zero-order chi connectivity index (χ0) is 13.6. The first-order valence-electron chi connectivity index (χ1n) is 7.34. The van der Waals surface area contributed by atoms with Crippen molar-refractivity contribution < 1.29 is 14.7 Å². The Morgan fingerprint density at radius 1 is 1.21 bits per heavy atom. The van der Waals surface area contributed by atoms with Crippen molar-refractivity contribution in [3.8, 4) is 0 Å². The van der Waals surface area contributed by atoms with Crippen LogP contribution >= 0.6 is 0 Å². The lowest BCUT2D eigenvalue weighted by molar-refractivity contribution is -0.144. The van der Waals surface area contributed by atoms with Gasteiger partial charge in [-0.3, -0.25) is 4.79 Å². The second-order valence-corrected chi connectivity index (χ2v) is 6.51. The summed E-state index contributed by atoms with van der Waals surface area (Å²) in [7, 11) is 0. The van der Waals surface area contributed by atoms with Crippen LogP contribution in [0.1, 0.15) is 32.6 Å². The van der Waals surface area contributed by atoms with Crippen LogP contribution in [-0.4, -0.2) is 41.1 Å². The molecule has 2 N–H and O–H groups in total. The molecule has 3 rings (SSSR count). The molecule has 19 heavy (non-hydrogen) atoms. The predicted octanol–water partition coefficient (Wildman–Crippen LogP) is 1.54. The molecule has 3 aliphatic rings. The summed E-state index contributed by atoms with van der Waals surface area (Å²) < 4.78 is 0. The molecule has 0 spiro atoms. The van der Waals surface area contributed by atoms with Crippen LogP contribution in [0.15, 0.2) is 0 Å². The van der Waals surface area contributed by atoms with Crippen LogP contribution in [0.25, 0.3) is 0 Å². The van der Waals surface area contributed by atoms with E-state index in [4.69, 9.17) is 0 Å². The van der Waals surface area contributed by atoms with E-state index in [1.807, 2.05) is 4.90 Å². The van der Waals surface area contributed by atoms with E-state index in [9.17, 15) is 14.7 Å². The molecule has 1 heterocycles. The van der Waals surface area contributed by atoms with Gasteiger partial charge in [-0.15, -0.1) is 0 Å². The third-order valence-corrected chi connectivity index (χ3v) is 5.20. The molecule has 3 fully saturated rings. The predicted molar refractivity (Wildman–Crippen MR) is 69.6 cm³/mol. The summed E-state index contributed by atoms with van der Waals surface area (Å²) in [5, 5.41) is 12.4. The SMILES string of the molecule is CC1CCN(C(=O)NC2C3CCC(C3)C2C(=O)O)C1. The van der Waals surface area contributed by atoms with Gasteiger partial charge in [-0.25, -0.2) is 4.79 Å². The van der Waals surface area contributed by atoms with Crippen molar-refractivity contribution in [1.29, 1.82) is 0 Å². The van der Waals surface area contributed by atoms with Crippen LogP contribution in [-0.2, 0) is 4.79 Å². The average molecular weight is 266 g/mol. The number of amides is 2. The summed E-state index contributed by atoms with van der Waals surface area (Å²) in [6.45, 7) is 3.74. The fourth-order valence-electron chi connectivity index (χ4n) is 4.21. The molecular weight excluding hydrogens is 244 g/mol. The molecule has 2 saturated carbocycles. The summed E-state index contributed by atoms with van der Waals surface area (Å²) in [6.07, 6.45) is 4.09. The van der Waals surface area contributed by atoms with Gasteiger partial charge in [0.15, 0.2) is 0 Å². The molecule has 1 saturated heterocycles. The van der Waals surface area contributed by atoms with Crippen LogP contribution < -0.4 is 5.32 Å². The van der Waals surface area contributed by atoms with E-state index >= 15 is 0 Å². The van der Waals surface area contributed by atoms with E-state index in [1.54, 1.807) is 0 Å². The highest BCUT2D eigenvalue weighted by molar-refractivity contribution is 5.78. The molecule has 5 heteroatoms. The third-order valence-electron chi connectivity index (χ3n) is 5.20. The maximum absolute atomic E-state index is 12.2. The van der Waals surface area contributed by atoms with E-state index in [2.05, 4.69) is 12.2 Å². The zero-order valence-corrected chi connectivity index (χ0v) is 11.3. The Kier molecular flexibility index (Phi) is 3.15. The Morgan fingerprint density at radius 2 is 1.95 bits per heavy atom. The summed E-state index contributed by atoms with van der Waals surface area (Å²) >= 11 is 0. The number of carbonyl (C=O) groups excluding carboxylic acids is 1. The maximum atomic E-state index is 12.2. The Labute approximate surface area is 113 Å². The molecule has 5 unspecified atom stereocenters. The minimum atomic E-state index is -0.743. The first-order chi connectivity index (χ1) is 9.06. The highest BCUT2D eigenvalue weighted by Gasteiger charge is 2.51. The number of hydrogen-bond acceptors (Lipinski definition) is 2. The minimum absolute atomic E-state index is 0.0619. The van der Waals surface area contributed by atoms with Gasteiger partial charge in [0.1, 0.15) is 0 Å². The van der Waals surface area contributed by atoms with E-state index in [0.29, 0.717) is 11.8 Å². The molecule has 0 radical (unpaired) electrons. The largest absolute Gasteiger partial charge is 0.481 e. The van der Waals surface area contributed by atoms with Gasteiger partial charge >= 0.3 is 12.0 Å². The number of nitrogens with zero attached hydrogens (tertiary/aromatic N) is 1. The van der Waals surface area contributed by atoms with Crippen molar-refractivity contribution in [2.24, 2.45) is 23.7 Å². The van der Waals surface area contributed by atoms with Crippen molar-refractivity contribution in [2.45, 2.75) is 38.6 Å². The van der Waals surface area contributed by atoms with Gasteiger partial charge in [-0.05, 0) is 43.4 Å². The van der Waals surface area contributed by atoms with E-state index < -0.39 is 5.97 Å². The van der Waals surface area contributed by atoms with Gasteiger partial charge in [0.2, 0.25) is 0 Å². The molecule has 0 aromatic rings. The van der Waals surface area contributed by atoms with Crippen LogP contribution in [0.3, 0.4) is 0 Å². The number of aliphatic carboxylic acids is 1. The second-order valence-electron chi connectivity index (χ2n) is 6.51. The van der Waals surface area contributed by atoms with E-state index in [-0.39, 0.29) is 23.9 Å². The number of carbonyl (C=O) groups is 2. The van der Waals surface area contributed by atoms with Gasteiger partial charge in [0.05, 0.1) is 5.92 Å². The standard InChI is InChI=1S/C14H22N2O3/c1-8-4-5-16(7-8)14(19)15-12-10-3-2-9(6-10)11(12)13(17)18/h8-12H,2-7H2,1H3,(H,15,19)(H,17,18). The molecule has 2 amide bonds. The Bertz CT molecular complexity index is 398. The summed E-state index contributed by atoms with van der Waals surface area (Å²) in [6, 6.07) is -0.215. The smallest absolute Gasteiger partial charge is 0.317 e. The van der Waals surface area contributed by atoms with Gasteiger partial charge < -0.3 is 15.3 Å². The molecule has 0 aromatic carbocycles. The Morgan fingerprint density at radius 3 is 2.58 bits per heavy atom. The number of fused-ring (bicyclic) bond motifs is 2. The van der Waals surface area contributed by atoms with Crippen LogP contribution in [0, 0.1) is 23.7 Å². The lowest BCUT2D eigenvalue weighted by Crippen LogP contribution is -2.51. The number of urea groups is 1. The number of carboxylic acid groups (broad SMARTS) is 1. The van der Waals surface area contributed by atoms with Crippen molar-refractivity contribution >= 4 is 12.0 Å². The molecular formula is C14H22N2O3. The van der Waals surface area contributed by atoms with Crippen LogP contribution in [0.2, 0.25) is 0 Å². The van der Waals surface area contributed by atoms with Crippen LogP contribution in [0.5, 0.6) is 0 Å². The summed E-state index contributed by atoms with van der Waals surface area (Å²) in [5.41, 5.74) is 0. The molecule has 5 atom stereocenters. The summed E-state index contributed by atoms with van der Waals surface area (Å²) in [5.74, 6) is 0.0800. The highest BCUT2D eigenvalue weighted by atomic mass is 16.4. The lowest BCUT2D eigenvalue weighted by Gasteiger charge is -2.30. The Balaban J connectivity index is 1.65.